The van der Waals surface area contributed by atoms with Gasteiger partial charge in [0.05, 0.1) is 6.61 Å². The van der Waals surface area contributed by atoms with E-state index in [2.05, 4.69) is 0 Å². The van der Waals surface area contributed by atoms with Crippen molar-refractivity contribution in [3.05, 3.63) is 51.7 Å². The molecule has 0 aliphatic heterocycles. The third-order valence-electron chi connectivity index (χ3n) is 4.19. The molecule has 1 heterocycles. The van der Waals surface area contributed by atoms with Gasteiger partial charge < -0.3 is 9.84 Å². The van der Waals surface area contributed by atoms with E-state index in [1.54, 1.807) is 11.3 Å². The zero-order valence-corrected chi connectivity index (χ0v) is 14.2. The van der Waals surface area contributed by atoms with Crippen LogP contribution in [0.25, 0.3) is 20.2 Å². The first-order chi connectivity index (χ1) is 11.1. The highest BCUT2D eigenvalue weighted by Gasteiger charge is 2.13. The highest BCUT2D eigenvalue weighted by atomic mass is 32.1. The summed E-state index contributed by atoms with van der Waals surface area (Å²) in [4.78, 5) is 12.8. The van der Waals surface area contributed by atoms with E-state index in [1.165, 1.54) is 0 Å². The number of hydrogen-bond donors (Lipinski definition) is 1. The van der Waals surface area contributed by atoms with Crippen molar-refractivity contribution in [3.63, 3.8) is 0 Å². The van der Waals surface area contributed by atoms with Crippen LogP contribution >= 0.6 is 11.3 Å². The first-order valence-corrected chi connectivity index (χ1v) is 8.64. The van der Waals surface area contributed by atoms with Crippen LogP contribution in [0, 0.1) is 13.8 Å². The SMILES string of the molecule is Cc1c(OCCCCO)cc2c(=O)c3ccccc3sc2c1C. The van der Waals surface area contributed by atoms with Gasteiger partial charge in [0.2, 0.25) is 0 Å². The van der Waals surface area contributed by atoms with Gasteiger partial charge in [0.1, 0.15) is 5.75 Å². The molecule has 3 rings (SSSR count). The first kappa shape index (κ1) is 16.0. The van der Waals surface area contributed by atoms with Crippen LogP contribution in [0.1, 0.15) is 24.0 Å². The van der Waals surface area contributed by atoms with E-state index in [1.807, 2.05) is 44.2 Å². The van der Waals surface area contributed by atoms with Gasteiger partial charge in [0.25, 0.3) is 0 Å². The number of unbranched alkanes of at least 4 members (excludes halogenated alkanes) is 1. The Morgan fingerprint density at radius 3 is 2.65 bits per heavy atom. The number of fused-ring (bicyclic) bond motifs is 2. The maximum absolute atomic E-state index is 12.8. The van der Waals surface area contributed by atoms with Crippen molar-refractivity contribution in [1.29, 1.82) is 0 Å². The molecule has 4 heteroatoms. The monoisotopic (exact) mass is 328 g/mol. The molecule has 0 aliphatic rings. The van der Waals surface area contributed by atoms with Crippen molar-refractivity contribution < 1.29 is 9.84 Å². The number of rotatable bonds is 5. The molecule has 1 N–H and O–H groups in total. The summed E-state index contributed by atoms with van der Waals surface area (Å²) >= 11 is 1.66. The quantitative estimate of drug-likeness (QED) is 0.564. The summed E-state index contributed by atoms with van der Waals surface area (Å²) in [6, 6.07) is 9.61. The Kier molecular flexibility index (Phi) is 4.64. The van der Waals surface area contributed by atoms with Crippen LogP contribution in [0.15, 0.2) is 35.1 Å². The van der Waals surface area contributed by atoms with Crippen LogP contribution < -0.4 is 10.2 Å². The van der Waals surface area contributed by atoms with E-state index >= 15 is 0 Å². The van der Waals surface area contributed by atoms with Gasteiger partial charge in [-0.25, -0.2) is 0 Å². The molecule has 23 heavy (non-hydrogen) atoms. The first-order valence-electron chi connectivity index (χ1n) is 7.83. The third kappa shape index (κ3) is 2.96. The minimum Gasteiger partial charge on any atom is -0.493 e. The van der Waals surface area contributed by atoms with Crippen molar-refractivity contribution in [3.8, 4) is 5.75 Å². The summed E-state index contributed by atoms with van der Waals surface area (Å²) in [6.07, 6.45) is 1.53. The van der Waals surface area contributed by atoms with Crippen molar-refractivity contribution in [2.24, 2.45) is 0 Å². The van der Waals surface area contributed by atoms with Gasteiger partial charge in [-0.05, 0) is 56.0 Å². The van der Waals surface area contributed by atoms with Gasteiger partial charge in [-0.3, -0.25) is 4.79 Å². The molecule has 0 amide bonds. The van der Waals surface area contributed by atoms with E-state index in [9.17, 15) is 4.79 Å². The molecule has 0 spiro atoms. The zero-order chi connectivity index (χ0) is 16.4. The van der Waals surface area contributed by atoms with Crippen LogP contribution in [0.3, 0.4) is 0 Å². The fourth-order valence-corrected chi connectivity index (χ4v) is 3.91. The summed E-state index contributed by atoms with van der Waals surface area (Å²) in [5, 5.41) is 10.3. The van der Waals surface area contributed by atoms with Crippen molar-refractivity contribution in [2.75, 3.05) is 13.2 Å². The summed E-state index contributed by atoms with van der Waals surface area (Å²) in [6.45, 7) is 4.81. The lowest BCUT2D eigenvalue weighted by atomic mass is 10.1. The minimum atomic E-state index is 0.0673. The van der Waals surface area contributed by atoms with Crippen molar-refractivity contribution in [2.45, 2.75) is 26.7 Å². The lowest BCUT2D eigenvalue weighted by molar-refractivity contribution is 0.252. The Morgan fingerprint density at radius 2 is 1.87 bits per heavy atom. The smallest absolute Gasteiger partial charge is 0.196 e. The second-order valence-corrected chi connectivity index (χ2v) is 6.76. The zero-order valence-electron chi connectivity index (χ0n) is 13.4. The summed E-state index contributed by atoms with van der Waals surface area (Å²) in [5.74, 6) is 0.771. The molecule has 0 fully saturated rings. The van der Waals surface area contributed by atoms with E-state index in [0.717, 1.165) is 49.9 Å². The van der Waals surface area contributed by atoms with Gasteiger partial charge in [-0.2, -0.15) is 0 Å². The lowest BCUT2D eigenvalue weighted by Crippen LogP contribution is -2.05. The molecular formula is C19H20O3S. The molecule has 120 valence electrons. The van der Waals surface area contributed by atoms with Gasteiger partial charge >= 0.3 is 0 Å². The number of aryl methyl sites for hydroxylation is 1. The standard InChI is InChI=1S/C19H20O3S/c1-12-13(2)19-15(11-16(12)22-10-6-5-9-20)18(21)14-7-3-4-8-17(14)23-19/h3-4,7-8,11,20H,5-6,9-10H2,1-2H3. The Balaban J connectivity index is 2.14. The van der Waals surface area contributed by atoms with Crippen LogP contribution in [-0.2, 0) is 0 Å². The molecule has 1 aromatic heterocycles. The highest BCUT2D eigenvalue weighted by Crippen LogP contribution is 2.33. The number of benzene rings is 2. The minimum absolute atomic E-state index is 0.0673. The maximum atomic E-state index is 12.8. The molecule has 2 aromatic carbocycles. The predicted octanol–water partition coefficient (Wildman–Crippen LogP) is 4.18. The summed E-state index contributed by atoms with van der Waals surface area (Å²) in [7, 11) is 0. The largest absolute Gasteiger partial charge is 0.493 e. The highest BCUT2D eigenvalue weighted by molar-refractivity contribution is 7.24. The number of hydrogen-bond acceptors (Lipinski definition) is 4. The van der Waals surface area contributed by atoms with E-state index in [-0.39, 0.29) is 12.0 Å². The third-order valence-corrected chi connectivity index (χ3v) is 5.50. The molecule has 3 nitrogen and oxygen atoms in total. The molecule has 0 saturated heterocycles. The summed E-state index contributed by atoms with van der Waals surface area (Å²) < 4.78 is 7.90. The molecule has 0 unspecified atom stereocenters. The normalized spacial score (nSPS) is 11.3. The van der Waals surface area contributed by atoms with Gasteiger partial charge in [0, 0.05) is 26.8 Å². The maximum Gasteiger partial charge on any atom is 0.196 e. The fourth-order valence-electron chi connectivity index (χ4n) is 2.71. The molecular weight excluding hydrogens is 308 g/mol. The predicted molar refractivity (Wildman–Crippen MR) is 96.9 cm³/mol. The van der Waals surface area contributed by atoms with Crippen molar-refractivity contribution in [1.82, 2.24) is 0 Å². The fraction of sp³-hybridized carbons (Fsp3) is 0.316. The van der Waals surface area contributed by atoms with Crippen molar-refractivity contribution >= 4 is 31.5 Å². The molecule has 0 atom stereocenters. The molecule has 0 saturated carbocycles. The summed E-state index contributed by atoms with van der Waals surface area (Å²) in [5.41, 5.74) is 2.25. The van der Waals surface area contributed by atoms with E-state index in [4.69, 9.17) is 9.84 Å². The van der Waals surface area contributed by atoms with Crippen LogP contribution in [0.2, 0.25) is 0 Å². The number of aliphatic hydroxyl groups is 1. The van der Waals surface area contributed by atoms with Crippen LogP contribution in [-0.4, -0.2) is 18.3 Å². The Bertz CT molecular complexity index is 912. The lowest BCUT2D eigenvalue weighted by Gasteiger charge is -2.13. The Hall–Kier alpha value is -1.91. The second kappa shape index (κ2) is 6.69. The Morgan fingerprint density at radius 1 is 1.09 bits per heavy atom. The topological polar surface area (TPSA) is 46.5 Å². The average Bonchev–Trinajstić information content (AvgIpc) is 2.57. The number of ether oxygens (including phenoxy) is 1. The Labute approximate surface area is 139 Å². The number of aliphatic hydroxyl groups excluding tert-OH is 1. The van der Waals surface area contributed by atoms with Crippen LogP contribution in [0.5, 0.6) is 5.75 Å². The van der Waals surface area contributed by atoms with Gasteiger partial charge in [-0.1, -0.05) is 12.1 Å². The van der Waals surface area contributed by atoms with Crippen LogP contribution in [0.4, 0.5) is 0 Å². The van der Waals surface area contributed by atoms with Gasteiger partial charge in [0.15, 0.2) is 5.43 Å². The second-order valence-electron chi connectivity index (χ2n) is 5.71. The molecule has 0 bridgehead atoms. The van der Waals surface area contributed by atoms with Gasteiger partial charge in [-0.15, -0.1) is 11.3 Å². The van der Waals surface area contributed by atoms with E-state index < -0.39 is 0 Å². The molecule has 0 radical (unpaired) electrons. The molecule has 3 aromatic rings. The van der Waals surface area contributed by atoms with E-state index in [0.29, 0.717) is 6.61 Å². The average molecular weight is 328 g/mol. The molecule has 0 aliphatic carbocycles.